The van der Waals surface area contributed by atoms with Crippen molar-refractivity contribution in [2.75, 3.05) is 26.4 Å². The summed E-state index contributed by atoms with van der Waals surface area (Å²) in [6.45, 7) is 2.55. The predicted molar refractivity (Wildman–Crippen MR) is 439 cm³/mol. The lowest BCUT2D eigenvalue weighted by Crippen LogP contribution is -2.08. The zero-order valence-corrected chi connectivity index (χ0v) is 70.2. The summed E-state index contributed by atoms with van der Waals surface area (Å²) in [5, 5.41) is 0. The molecule has 0 heterocycles. The van der Waals surface area contributed by atoms with E-state index < -0.39 is 0 Å². The van der Waals surface area contributed by atoms with Crippen LogP contribution in [0, 0.1) is 21.4 Å². The van der Waals surface area contributed by atoms with Crippen LogP contribution in [0.25, 0.3) is 0 Å². The molecule has 2 aromatic carbocycles. The molecule has 0 aliphatic rings. The number of carbonyl (C=O) groups excluding carboxylic acids is 2. The third-order valence-corrected chi connectivity index (χ3v) is 22.5. The van der Waals surface area contributed by atoms with Gasteiger partial charge in [0.05, 0.1) is 40.7 Å². The quantitative estimate of drug-likeness (QED) is 0.0373. The van der Waals surface area contributed by atoms with Crippen LogP contribution in [-0.4, -0.2) is 38.4 Å². The van der Waals surface area contributed by atoms with E-state index in [4.69, 9.17) is 18.9 Å². The molecule has 0 radical (unpaired) electrons. The van der Waals surface area contributed by atoms with E-state index in [1.165, 1.54) is 342 Å². The lowest BCUT2D eigenvalue weighted by molar-refractivity contribution is -0.146. The Hall–Kier alpha value is 1.36. The van der Waals surface area contributed by atoms with Crippen molar-refractivity contribution in [1.82, 2.24) is 0 Å². The largest absolute Gasteiger partial charge is 0.491 e. The highest BCUT2D eigenvalue weighted by Gasteiger charge is 2.11. The summed E-state index contributed by atoms with van der Waals surface area (Å²) in [4.78, 5) is 24.4. The molecule has 0 aliphatic heterocycles. The van der Waals surface area contributed by atoms with Gasteiger partial charge in [0.2, 0.25) is 0 Å². The zero-order chi connectivity index (χ0) is 64.7. The van der Waals surface area contributed by atoms with Gasteiger partial charge < -0.3 is 18.9 Å². The molecule has 0 atom stereocenters. The Balaban J connectivity index is 1.14. The molecule has 0 bridgehead atoms. The molecule has 0 aliphatic carbocycles. The minimum absolute atomic E-state index is 0.0763. The SMILES string of the molecule is O=C(CCCCCCCCCCCCCCCCCCCCCCCCCCCCCCOc1c(I)cc(I)cc1I)OCCCCOC(=O)CCCCCCCCCCCCCCCCCCCCCCCCCCCCCCOc1c(I)cc(I)cc1I. The van der Waals surface area contributed by atoms with Crippen molar-refractivity contribution in [2.24, 2.45) is 0 Å². The molecule has 0 saturated heterocycles. The maximum Gasteiger partial charge on any atom is 0.305 e. The molecule has 522 valence electrons. The predicted octanol–water partition coefficient (Wildman–Crippen LogP) is 29.3. The number of hydrogen-bond donors (Lipinski definition) is 0. The highest BCUT2D eigenvalue weighted by atomic mass is 127. The van der Waals surface area contributed by atoms with Crippen molar-refractivity contribution in [3.8, 4) is 11.5 Å². The molecule has 2 aromatic rings. The van der Waals surface area contributed by atoms with Crippen LogP contribution in [0.2, 0.25) is 0 Å². The van der Waals surface area contributed by atoms with E-state index >= 15 is 0 Å². The Morgan fingerprint density at radius 2 is 0.356 bits per heavy atom. The van der Waals surface area contributed by atoms with Gasteiger partial charge in [-0.05, 0) is 198 Å². The molecule has 0 aromatic heterocycles. The molecule has 0 fully saturated rings. The van der Waals surface area contributed by atoms with Gasteiger partial charge in [-0.15, -0.1) is 0 Å². The van der Waals surface area contributed by atoms with Gasteiger partial charge in [-0.2, -0.15) is 0 Å². The van der Waals surface area contributed by atoms with Crippen LogP contribution >= 0.6 is 136 Å². The van der Waals surface area contributed by atoms with Gasteiger partial charge in [0.15, 0.2) is 0 Å². The molecule has 2 rings (SSSR count). The van der Waals surface area contributed by atoms with Gasteiger partial charge in [0, 0.05) is 20.0 Å². The average molecular weight is 1930 g/mol. The van der Waals surface area contributed by atoms with E-state index in [-0.39, 0.29) is 11.9 Å². The number of hydrogen-bond acceptors (Lipinski definition) is 6. The van der Waals surface area contributed by atoms with Crippen molar-refractivity contribution in [1.29, 1.82) is 0 Å². The van der Waals surface area contributed by atoms with E-state index in [9.17, 15) is 9.59 Å². The second-order valence-corrected chi connectivity index (χ2v) is 33.7. The molecule has 0 saturated carbocycles. The summed E-state index contributed by atoms with van der Waals surface area (Å²) < 4.78 is 30.5. The fourth-order valence-electron chi connectivity index (χ4n) is 12.3. The van der Waals surface area contributed by atoms with Crippen molar-refractivity contribution in [3.05, 3.63) is 45.7 Å². The molecule has 0 spiro atoms. The summed E-state index contributed by atoms with van der Waals surface area (Å²) >= 11 is 14.3. The van der Waals surface area contributed by atoms with Crippen LogP contribution in [0.1, 0.15) is 385 Å². The smallest absolute Gasteiger partial charge is 0.305 e. The summed E-state index contributed by atoms with van der Waals surface area (Å²) in [6.07, 6.45) is 78.9. The topological polar surface area (TPSA) is 71.1 Å². The molecule has 0 unspecified atom stereocenters. The number of unbranched alkanes of at least 4 members (excludes halogenated alkanes) is 55. The van der Waals surface area contributed by atoms with Gasteiger partial charge >= 0.3 is 11.9 Å². The van der Waals surface area contributed by atoms with Gasteiger partial charge in [0.1, 0.15) is 11.5 Å². The summed E-state index contributed by atoms with van der Waals surface area (Å²) in [5.74, 6) is 1.98. The molecule has 0 N–H and O–H groups in total. The highest BCUT2D eigenvalue weighted by molar-refractivity contribution is 14.1. The monoisotopic (exact) mass is 1930 g/mol. The lowest BCUT2D eigenvalue weighted by atomic mass is 10.0. The minimum Gasteiger partial charge on any atom is -0.491 e. The minimum atomic E-state index is -0.0763. The van der Waals surface area contributed by atoms with Crippen molar-refractivity contribution >= 4 is 147 Å². The summed E-state index contributed by atoms with van der Waals surface area (Å²) in [5.41, 5.74) is 0. The fraction of sp³-hybridized carbons (Fsp3) is 0.821. The summed E-state index contributed by atoms with van der Waals surface area (Å²) in [7, 11) is 0. The number of ether oxygens (including phenoxy) is 4. The van der Waals surface area contributed by atoms with Crippen molar-refractivity contribution in [3.63, 3.8) is 0 Å². The maximum absolute atomic E-state index is 12.2. The molecular weight excluding hydrogens is 1790 g/mol. The Kier molecular flexibility index (Phi) is 65.6. The normalized spacial score (nSPS) is 11.5. The molecule has 90 heavy (non-hydrogen) atoms. The first-order chi connectivity index (χ1) is 44.2. The average Bonchev–Trinajstić information content (AvgIpc) is 2.26. The van der Waals surface area contributed by atoms with Gasteiger partial charge in [-0.25, -0.2) is 0 Å². The van der Waals surface area contributed by atoms with Crippen LogP contribution in [-0.2, 0) is 19.1 Å². The number of benzene rings is 2. The van der Waals surface area contributed by atoms with Crippen LogP contribution in [0.15, 0.2) is 24.3 Å². The number of esters is 2. The molecule has 0 amide bonds. The highest BCUT2D eigenvalue weighted by Crippen LogP contribution is 2.31. The Bertz CT molecular complexity index is 1750. The van der Waals surface area contributed by atoms with Crippen LogP contribution in [0.5, 0.6) is 11.5 Å². The molecule has 12 heteroatoms. The summed E-state index contributed by atoms with van der Waals surface area (Å²) in [6, 6.07) is 8.77. The lowest BCUT2D eigenvalue weighted by Gasteiger charge is -2.11. The molecular formula is C78H132I6O6. The first kappa shape index (κ1) is 87.4. The first-order valence-electron chi connectivity index (χ1n) is 38.0. The number of carbonyl (C=O) groups is 2. The van der Waals surface area contributed by atoms with E-state index in [0.29, 0.717) is 26.1 Å². The van der Waals surface area contributed by atoms with Gasteiger partial charge in [-0.1, -0.05) is 334 Å². The van der Waals surface area contributed by atoms with E-state index in [1.807, 2.05) is 0 Å². The Morgan fingerprint density at radius 1 is 0.211 bits per heavy atom. The Morgan fingerprint density at radius 3 is 0.533 bits per heavy atom. The second-order valence-electron chi connectivity index (χ2n) is 26.5. The van der Waals surface area contributed by atoms with E-state index in [2.05, 4.69) is 160 Å². The third kappa shape index (κ3) is 57.3. The van der Waals surface area contributed by atoms with Crippen molar-refractivity contribution in [2.45, 2.75) is 385 Å². The van der Waals surface area contributed by atoms with E-state index in [1.54, 1.807) is 0 Å². The maximum atomic E-state index is 12.2. The van der Waals surface area contributed by atoms with Crippen LogP contribution < -0.4 is 9.47 Å². The Labute approximate surface area is 637 Å². The third-order valence-electron chi connectivity index (χ3n) is 18.0. The van der Waals surface area contributed by atoms with Crippen molar-refractivity contribution < 1.29 is 28.5 Å². The number of rotatable bonds is 69. The number of halogens is 6. The molecule has 6 nitrogen and oxygen atoms in total. The van der Waals surface area contributed by atoms with Crippen LogP contribution in [0.4, 0.5) is 0 Å². The van der Waals surface area contributed by atoms with Crippen LogP contribution in [0.3, 0.4) is 0 Å². The zero-order valence-electron chi connectivity index (χ0n) is 57.3. The first-order valence-corrected chi connectivity index (χ1v) is 44.5. The fourth-order valence-corrected chi connectivity index (χ4v) is 20.1. The standard InChI is InChI=1S/C78H132I6O6/c79-69-65-71(81)77(72(82)66-69)89-63-55-51-47-43-39-35-31-27-23-19-15-11-7-3-1-5-9-13-17-21-25-29-33-37-41-45-49-53-59-75(85)87-61-57-58-62-88-76(86)60-54-50-46-42-38-34-30-26-22-18-14-10-6-2-4-8-12-16-20-24-28-32-36-40-44-48-52-56-64-90-78-73(83)67-70(80)68-74(78)84/h65-68H,1-64H2. The van der Waals surface area contributed by atoms with Gasteiger partial charge in [0.25, 0.3) is 0 Å². The van der Waals surface area contributed by atoms with E-state index in [0.717, 1.165) is 76.1 Å². The second kappa shape index (κ2) is 67.5. The van der Waals surface area contributed by atoms with Gasteiger partial charge in [-0.3, -0.25) is 9.59 Å².